The predicted octanol–water partition coefficient (Wildman–Crippen LogP) is 6.00. The van der Waals surface area contributed by atoms with Crippen LogP contribution < -0.4 is 15.0 Å². The van der Waals surface area contributed by atoms with Crippen LogP contribution in [0, 0.1) is 5.82 Å². The topological polar surface area (TPSA) is 90.2 Å². The van der Waals surface area contributed by atoms with E-state index in [1.165, 1.54) is 6.07 Å². The Hall–Kier alpha value is -4.70. The fourth-order valence-electron chi connectivity index (χ4n) is 5.42. The molecule has 3 aromatic heterocycles. The van der Waals surface area contributed by atoms with Crippen molar-refractivity contribution in [1.29, 1.82) is 0 Å². The SMILES string of the molecule is COCCOc1ccn2c(-c3ccc4cc(F)cc(N5CCC(C)(NC(=O)OCc6ccccc6)CC5)c4n3)cnc2c1. The van der Waals surface area contributed by atoms with Gasteiger partial charge in [-0.3, -0.25) is 4.40 Å². The molecule has 6 rings (SSSR count). The second-order valence-corrected chi connectivity index (χ2v) is 11.0. The van der Waals surface area contributed by atoms with Crippen molar-refractivity contribution in [2.75, 3.05) is 38.3 Å². The molecule has 0 radical (unpaired) electrons. The summed E-state index contributed by atoms with van der Waals surface area (Å²) in [5.41, 5.74) is 4.22. The first kappa shape index (κ1) is 28.4. The molecular formula is C33H34FN5O4. The van der Waals surface area contributed by atoms with E-state index in [4.69, 9.17) is 19.2 Å². The van der Waals surface area contributed by atoms with Crippen molar-refractivity contribution in [3.63, 3.8) is 0 Å². The number of aromatic nitrogens is 3. The van der Waals surface area contributed by atoms with Crippen LogP contribution in [0.4, 0.5) is 14.9 Å². The molecule has 0 aliphatic carbocycles. The number of pyridine rings is 2. The first-order chi connectivity index (χ1) is 20.9. The van der Waals surface area contributed by atoms with Gasteiger partial charge in [-0.25, -0.2) is 19.2 Å². The molecule has 0 saturated carbocycles. The molecule has 10 heteroatoms. The number of hydrogen-bond acceptors (Lipinski definition) is 7. The molecule has 0 bridgehead atoms. The third-order valence-corrected chi connectivity index (χ3v) is 7.86. The molecule has 1 N–H and O–H groups in total. The number of nitrogens with zero attached hydrogens (tertiary/aromatic N) is 4. The predicted molar refractivity (Wildman–Crippen MR) is 163 cm³/mol. The number of methoxy groups -OCH3 is 1. The number of piperidine rings is 1. The van der Waals surface area contributed by atoms with Crippen LogP contribution in [0.5, 0.6) is 5.75 Å². The Labute approximate surface area is 249 Å². The quantitative estimate of drug-likeness (QED) is 0.213. The number of nitrogens with one attached hydrogen (secondary N) is 1. The summed E-state index contributed by atoms with van der Waals surface area (Å²) in [6, 6.07) is 20.2. The van der Waals surface area contributed by atoms with Gasteiger partial charge >= 0.3 is 6.09 Å². The number of ether oxygens (including phenoxy) is 3. The first-order valence-corrected chi connectivity index (χ1v) is 14.3. The Bertz CT molecular complexity index is 1730. The van der Waals surface area contributed by atoms with Gasteiger partial charge in [-0.15, -0.1) is 0 Å². The molecule has 1 amide bonds. The standard InChI is InChI=1S/C33H34FN5O4/c1-33(37-32(40)43-22-23-6-4-3-5-7-23)11-14-38(15-12-33)28-19-25(34)18-24-8-9-27(36-31(24)28)29-21-35-30-20-26(10-13-39(29)30)42-17-16-41-2/h3-10,13,18-21H,11-12,14-17,22H2,1-2H3,(H,37,40). The van der Waals surface area contributed by atoms with Crippen LogP contribution in [0.25, 0.3) is 27.9 Å². The number of rotatable bonds is 9. The molecule has 4 heterocycles. The number of amides is 1. The van der Waals surface area contributed by atoms with E-state index in [-0.39, 0.29) is 12.4 Å². The second kappa shape index (κ2) is 12.3. The van der Waals surface area contributed by atoms with Crippen molar-refractivity contribution in [2.24, 2.45) is 0 Å². The van der Waals surface area contributed by atoms with Crippen molar-refractivity contribution in [3.05, 3.63) is 90.5 Å². The summed E-state index contributed by atoms with van der Waals surface area (Å²) in [6.45, 7) is 4.45. The molecule has 1 aliphatic heterocycles. The number of imidazole rings is 1. The van der Waals surface area contributed by atoms with Crippen LogP contribution in [0.15, 0.2) is 79.1 Å². The van der Waals surface area contributed by atoms with E-state index in [0.717, 1.165) is 33.7 Å². The third kappa shape index (κ3) is 6.39. The number of hydrogen-bond donors (Lipinski definition) is 1. The lowest BCUT2D eigenvalue weighted by Gasteiger charge is -2.40. The monoisotopic (exact) mass is 583 g/mol. The van der Waals surface area contributed by atoms with E-state index in [2.05, 4.69) is 15.2 Å². The molecule has 222 valence electrons. The number of carbonyl (C=O) groups is 1. The Morgan fingerprint density at radius 3 is 2.65 bits per heavy atom. The van der Waals surface area contributed by atoms with Crippen molar-refractivity contribution in [1.82, 2.24) is 19.7 Å². The lowest BCUT2D eigenvalue weighted by atomic mass is 9.89. The zero-order valence-corrected chi connectivity index (χ0v) is 24.3. The minimum Gasteiger partial charge on any atom is -0.491 e. The lowest BCUT2D eigenvalue weighted by Crippen LogP contribution is -2.53. The average Bonchev–Trinajstić information content (AvgIpc) is 3.44. The van der Waals surface area contributed by atoms with Crippen molar-refractivity contribution >= 4 is 28.3 Å². The van der Waals surface area contributed by atoms with Gasteiger partial charge in [0.1, 0.15) is 30.4 Å². The Morgan fingerprint density at radius 1 is 1.05 bits per heavy atom. The van der Waals surface area contributed by atoms with Gasteiger partial charge in [0.15, 0.2) is 0 Å². The summed E-state index contributed by atoms with van der Waals surface area (Å²) in [6.07, 6.45) is 4.59. The minimum absolute atomic E-state index is 0.216. The summed E-state index contributed by atoms with van der Waals surface area (Å²) in [5.74, 6) is 0.394. The maximum absolute atomic E-state index is 14.8. The lowest BCUT2D eigenvalue weighted by molar-refractivity contribution is 0.123. The molecular weight excluding hydrogens is 549 g/mol. The number of carbonyl (C=O) groups excluding carboxylic acids is 1. The summed E-state index contributed by atoms with van der Waals surface area (Å²) < 4.78 is 32.9. The van der Waals surface area contributed by atoms with Gasteiger partial charge in [0, 0.05) is 43.4 Å². The highest BCUT2D eigenvalue weighted by Crippen LogP contribution is 2.33. The fourth-order valence-corrected chi connectivity index (χ4v) is 5.42. The van der Waals surface area contributed by atoms with E-state index in [9.17, 15) is 9.18 Å². The highest BCUT2D eigenvalue weighted by atomic mass is 19.1. The van der Waals surface area contributed by atoms with Gasteiger partial charge in [-0.05, 0) is 49.6 Å². The van der Waals surface area contributed by atoms with Crippen molar-refractivity contribution in [3.8, 4) is 17.1 Å². The Morgan fingerprint density at radius 2 is 1.86 bits per heavy atom. The fraction of sp³-hybridized carbons (Fsp3) is 0.303. The highest BCUT2D eigenvalue weighted by Gasteiger charge is 2.33. The largest absolute Gasteiger partial charge is 0.491 e. The molecule has 0 atom stereocenters. The molecule has 5 aromatic rings. The van der Waals surface area contributed by atoms with Crippen LogP contribution in [0.1, 0.15) is 25.3 Å². The van der Waals surface area contributed by atoms with Gasteiger partial charge in [0.05, 0.1) is 35.4 Å². The Balaban J connectivity index is 1.18. The van der Waals surface area contributed by atoms with E-state index in [1.807, 2.05) is 72.1 Å². The van der Waals surface area contributed by atoms with Crippen LogP contribution in [-0.2, 0) is 16.1 Å². The second-order valence-electron chi connectivity index (χ2n) is 11.0. The maximum atomic E-state index is 14.8. The summed E-state index contributed by atoms with van der Waals surface area (Å²) >= 11 is 0. The van der Waals surface area contributed by atoms with Gasteiger partial charge < -0.3 is 24.4 Å². The molecule has 0 spiro atoms. The van der Waals surface area contributed by atoms with Gasteiger partial charge in [0.2, 0.25) is 0 Å². The van der Waals surface area contributed by atoms with Crippen LogP contribution in [0.3, 0.4) is 0 Å². The molecule has 43 heavy (non-hydrogen) atoms. The molecule has 9 nitrogen and oxygen atoms in total. The smallest absolute Gasteiger partial charge is 0.407 e. The van der Waals surface area contributed by atoms with Crippen molar-refractivity contribution < 1.29 is 23.4 Å². The summed E-state index contributed by atoms with van der Waals surface area (Å²) in [4.78, 5) is 24.2. The van der Waals surface area contributed by atoms with Gasteiger partial charge in [-0.2, -0.15) is 0 Å². The molecule has 0 unspecified atom stereocenters. The average molecular weight is 584 g/mol. The maximum Gasteiger partial charge on any atom is 0.407 e. The number of halogens is 1. The zero-order valence-electron chi connectivity index (χ0n) is 24.3. The van der Waals surface area contributed by atoms with E-state index in [1.54, 1.807) is 19.4 Å². The molecule has 1 aliphatic rings. The normalized spacial score (nSPS) is 14.6. The summed E-state index contributed by atoms with van der Waals surface area (Å²) in [7, 11) is 1.64. The summed E-state index contributed by atoms with van der Waals surface area (Å²) in [5, 5.41) is 3.77. The number of alkyl carbamates (subject to hydrolysis) is 1. The third-order valence-electron chi connectivity index (χ3n) is 7.86. The minimum atomic E-state index is -0.441. The number of anilines is 1. The van der Waals surface area contributed by atoms with Crippen LogP contribution in [0.2, 0.25) is 0 Å². The number of fused-ring (bicyclic) bond motifs is 2. The van der Waals surface area contributed by atoms with E-state index >= 15 is 0 Å². The molecule has 1 fully saturated rings. The van der Waals surface area contributed by atoms with Gasteiger partial charge in [0.25, 0.3) is 0 Å². The zero-order chi connectivity index (χ0) is 29.8. The molecule has 1 saturated heterocycles. The highest BCUT2D eigenvalue weighted by molar-refractivity contribution is 5.92. The first-order valence-electron chi connectivity index (χ1n) is 14.3. The van der Waals surface area contributed by atoms with Gasteiger partial charge in [-0.1, -0.05) is 36.4 Å². The van der Waals surface area contributed by atoms with E-state index in [0.29, 0.717) is 50.4 Å². The number of benzene rings is 2. The van der Waals surface area contributed by atoms with Crippen LogP contribution >= 0.6 is 0 Å². The Kier molecular flexibility index (Phi) is 8.11. The van der Waals surface area contributed by atoms with Crippen LogP contribution in [-0.4, -0.2) is 59.4 Å². The molecule has 2 aromatic carbocycles. The van der Waals surface area contributed by atoms with Crippen molar-refractivity contribution in [2.45, 2.75) is 31.9 Å². The van der Waals surface area contributed by atoms with E-state index < -0.39 is 11.6 Å².